The van der Waals surface area contributed by atoms with Crippen LogP contribution in [-0.2, 0) is 4.74 Å². The average molecular weight is 242 g/mol. The Balaban J connectivity index is 2.04. The maximum absolute atomic E-state index is 12.2. The van der Waals surface area contributed by atoms with Crippen molar-refractivity contribution in [2.45, 2.75) is 6.42 Å². The largest absolute Gasteiger partial charge is 0.398 e. The zero-order chi connectivity index (χ0) is 12.5. The fourth-order valence-electron chi connectivity index (χ4n) is 2.28. The summed E-state index contributed by atoms with van der Waals surface area (Å²) < 4.78 is 5.24. The number of nitrogens with two attached hydrogens (primary N) is 1. The molecule has 3 rings (SSSR count). The number of Topliss-reactive ketones (excluding diaryl/α,β-unsaturated/α-hetero) is 1. The standard InChI is InChI=1S/C14H14N2O2/c15-11-7-13(14(17)9-5-6-18-8-9)16-12-4-2-1-3-10(11)12/h1-4,7,9H,5-6,8H2,(H2,15,16). The number of rotatable bonds is 2. The highest BCUT2D eigenvalue weighted by Gasteiger charge is 2.26. The number of aromatic nitrogens is 1. The number of hydrogen-bond acceptors (Lipinski definition) is 4. The van der Waals surface area contributed by atoms with Gasteiger partial charge in [0.25, 0.3) is 0 Å². The molecule has 2 heterocycles. The molecule has 92 valence electrons. The third-order valence-electron chi connectivity index (χ3n) is 3.30. The Morgan fingerprint density at radius 1 is 1.39 bits per heavy atom. The van der Waals surface area contributed by atoms with Crippen molar-refractivity contribution in [1.82, 2.24) is 4.98 Å². The zero-order valence-electron chi connectivity index (χ0n) is 9.93. The van der Waals surface area contributed by atoms with Crippen LogP contribution in [0.2, 0.25) is 0 Å². The van der Waals surface area contributed by atoms with E-state index in [-0.39, 0.29) is 11.7 Å². The van der Waals surface area contributed by atoms with Crippen molar-refractivity contribution in [3.8, 4) is 0 Å². The molecule has 2 N–H and O–H groups in total. The average Bonchev–Trinajstić information content (AvgIpc) is 2.91. The molecule has 0 spiro atoms. The summed E-state index contributed by atoms with van der Waals surface area (Å²) in [6.07, 6.45) is 0.771. The Kier molecular flexibility index (Phi) is 2.72. The van der Waals surface area contributed by atoms with Gasteiger partial charge in [-0.05, 0) is 18.6 Å². The van der Waals surface area contributed by atoms with Crippen molar-refractivity contribution in [3.05, 3.63) is 36.0 Å². The molecule has 0 bridgehead atoms. The van der Waals surface area contributed by atoms with E-state index in [2.05, 4.69) is 4.98 Å². The summed E-state index contributed by atoms with van der Waals surface area (Å²) in [5.41, 5.74) is 7.78. The van der Waals surface area contributed by atoms with Gasteiger partial charge >= 0.3 is 0 Å². The summed E-state index contributed by atoms with van der Waals surface area (Å²) in [5.74, 6) is -0.0389. The van der Waals surface area contributed by atoms with Crippen LogP contribution in [-0.4, -0.2) is 24.0 Å². The van der Waals surface area contributed by atoms with E-state index in [0.717, 1.165) is 17.3 Å². The van der Waals surface area contributed by atoms with Crippen LogP contribution in [0.1, 0.15) is 16.9 Å². The summed E-state index contributed by atoms with van der Waals surface area (Å²) in [7, 11) is 0. The maximum Gasteiger partial charge on any atom is 0.186 e. The number of pyridine rings is 1. The number of benzene rings is 1. The van der Waals surface area contributed by atoms with Crippen LogP contribution in [0, 0.1) is 5.92 Å². The number of carbonyl (C=O) groups excluding carboxylic acids is 1. The van der Waals surface area contributed by atoms with Crippen molar-refractivity contribution in [2.75, 3.05) is 18.9 Å². The fourth-order valence-corrected chi connectivity index (χ4v) is 2.28. The minimum Gasteiger partial charge on any atom is -0.398 e. The van der Waals surface area contributed by atoms with Crippen LogP contribution in [0.4, 0.5) is 5.69 Å². The monoisotopic (exact) mass is 242 g/mol. The smallest absolute Gasteiger partial charge is 0.186 e. The molecule has 1 aliphatic heterocycles. The van der Waals surface area contributed by atoms with E-state index in [9.17, 15) is 4.79 Å². The SMILES string of the molecule is Nc1cc(C(=O)C2CCOC2)nc2ccccc12. The van der Waals surface area contributed by atoms with Crippen molar-refractivity contribution in [3.63, 3.8) is 0 Å². The molecule has 4 heteroatoms. The van der Waals surface area contributed by atoms with Gasteiger partial charge < -0.3 is 10.5 Å². The van der Waals surface area contributed by atoms with E-state index < -0.39 is 0 Å². The van der Waals surface area contributed by atoms with E-state index in [0.29, 0.717) is 24.6 Å². The van der Waals surface area contributed by atoms with Gasteiger partial charge in [0, 0.05) is 23.6 Å². The van der Waals surface area contributed by atoms with Gasteiger partial charge in [0.1, 0.15) is 5.69 Å². The van der Waals surface area contributed by atoms with Gasteiger partial charge in [-0.15, -0.1) is 0 Å². The van der Waals surface area contributed by atoms with Crippen LogP contribution in [0.3, 0.4) is 0 Å². The quantitative estimate of drug-likeness (QED) is 0.818. The minimum atomic E-state index is -0.0712. The van der Waals surface area contributed by atoms with Gasteiger partial charge in [-0.1, -0.05) is 18.2 Å². The summed E-state index contributed by atoms with van der Waals surface area (Å²) in [6.45, 7) is 1.15. The molecule has 0 aliphatic carbocycles. The molecule has 1 aromatic heterocycles. The van der Waals surface area contributed by atoms with Gasteiger partial charge in [0.05, 0.1) is 12.1 Å². The Hall–Kier alpha value is -1.94. The topological polar surface area (TPSA) is 65.2 Å². The van der Waals surface area contributed by atoms with Crippen LogP contribution in [0.5, 0.6) is 0 Å². The molecule has 18 heavy (non-hydrogen) atoms. The highest BCUT2D eigenvalue weighted by atomic mass is 16.5. The van der Waals surface area contributed by atoms with Crippen LogP contribution in [0.25, 0.3) is 10.9 Å². The fraction of sp³-hybridized carbons (Fsp3) is 0.286. The van der Waals surface area contributed by atoms with Gasteiger partial charge in [-0.25, -0.2) is 4.98 Å². The maximum atomic E-state index is 12.2. The lowest BCUT2D eigenvalue weighted by Gasteiger charge is -2.08. The Bertz CT molecular complexity index is 604. The second-order valence-corrected chi connectivity index (χ2v) is 4.54. The summed E-state index contributed by atoms with van der Waals surface area (Å²) in [6, 6.07) is 9.25. The molecule has 1 aromatic carbocycles. The first-order valence-corrected chi connectivity index (χ1v) is 6.03. The van der Waals surface area contributed by atoms with E-state index >= 15 is 0 Å². The van der Waals surface area contributed by atoms with Crippen molar-refractivity contribution in [2.24, 2.45) is 5.92 Å². The molecule has 2 aromatic rings. The molecule has 1 atom stereocenters. The van der Waals surface area contributed by atoms with Crippen molar-refractivity contribution >= 4 is 22.4 Å². The lowest BCUT2D eigenvalue weighted by Crippen LogP contribution is -2.16. The predicted molar refractivity (Wildman–Crippen MR) is 69.4 cm³/mol. The number of para-hydroxylation sites is 1. The number of anilines is 1. The Morgan fingerprint density at radius 3 is 3.00 bits per heavy atom. The van der Waals surface area contributed by atoms with Gasteiger partial charge in [0.15, 0.2) is 5.78 Å². The van der Waals surface area contributed by atoms with Crippen LogP contribution in [0.15, 0.2) is 30.3 Å². The molecular formula is C14H14N2O2. The van der Waals surface area contributed by atoms with E-state index in [1.54, 1.807) is 6.07 Å². The van der Waals surface area contributed by atoms with Gasteiger partial charge in [0.2, 0.25) is 0 Å². The van der Waals surface area contributed by atoms with Crippen LogP contribution < -0.4 is 5.73 Å². The first kappa shape index (κ1) is 11.2. The molecule has 0 radical (unpaired) electrons. The van der Waals surface area contributed by atoms with Gasteiger partial charge in [-0.2, -0.15) is 0 Å². The number of hydrogen-bond donors (Lipinski definition) is 1. The summed E-state index contributed by atoms with van der Waals surface area (Å²) in [5, 5.41) is 0.886. The van der Waals surface area contributed by atoms with E-state index in [4.69, 9.17) is 10.5 Å². The molecular weight excluding hydrogens is 228 g/mol. The Morgan fingerprint density at radius 2 is 2.22 bits per heavy atom. The number of ketones is 1. The highest BCUT2D eigenvalue weighted by Crippen LogP contribution is 2.23. The molecule has 4 nitrogen and oxygen atoms in total. The normalized spacial score (nSPS) is 19.2. The first-order chi connectivity index (χ1) is 8.75. The number of nitrogen functional groups attached to an aromatic ring is 1. The molecule has 1 unspecified atom stereocenters. The van der Waals surface area contributed by atoms with E-state index in [1.807, 2.05) is 24.3 Å². The summed E-state index contributed by atoms with van der Waals surface area (Å²) in [4.78, 5) is 16.6. The van der Waals surface area contributed by atoms with Crippen molar-refractivity contribution in [1.29, 1.82) is 0 Å². The van der Waals surface area contributed by atoms with Gasteiger partial charge in [-0.3, -0.25) is 4.79 Å². The molecule has 1 saturated heterocycles. The third-order valence-corrected chi connectivity index (χ3v) is 3.30. The minimum absolute atomic E-state index is 0.0324. The number of ether oxygens (including phenoxy) is 1. The number of carbonyl (C=O) groups is 1. The molecule has 1 aliphatic rings. The van der Waals surface area contributed by atoms with Crippen molar-refractivity contribution < 1.29 is 9.53 Å². The highest BCUT2D eigenvalue weighted by molar-refractivity contribution is 6.01. The second kappa shape index (κ2) is 4.38. The molecule has 0 amide bonds. The number of nitrogens with zero attached hydrogens (tertiary/aromatic N) is 1. The lowest BCUT2D eigenvalue weighted by atomic mass is 9.99. The molecule has 1 fully saturated rings. The number of fused-ring (bicyclic) bond motifs is 1. The molecule has 0 saturated carbocycles. The summed E-state index contributed by atoms with van der Waals surface area (Å²) >= 11 is 0. The second-order valence-electron chi connectivity index (χ2n) is 4.54. The van der Waals surface area contributed by atoms with Crippen LogP contribution >= 0.6 is 0 Å². The predicted octanol–water partition coefficient (Wildman–Crippen LogP) is 2.04. The first-order valence-electron chi connectivity index (χ1n) is 6.03. The zero-order valence-corrected chi connectivity index (χ0v) is 9.93. The Labute approximate surface area is 105 Å². The lowest BCUT2D eigenvalue weighted by molar-refractivity contribution is 0.0895. The third kappa shape index (κ3) is 1.84. The van der Waals surface area contributed by atoms with E-state index in [1.165, 1.54) is 0 Å².